The van der Waals surface area contributed by atoms with Crippen LogP contribution >= 0.6 is 11.3 Å². The van der Waals surface area contributed by atoms with E-state index in [0.29, 0.717) is 30.9 Å². The molecular weight excluding hydrogens is 538 g/mol. The van der Waals surface area contributed by atoms with E-state index in [1.165, 1.54) is 6.20 Å². The normalized spacial score (nSPS) is 24.6. The molecule has 2 aliphatic heterocycles. The third kappa shape index (κ3) is 4.39. The molecule has 1 spiro atoms. The average molecular weight is 569 g/mol. The number of rotatable bonds is 7. The van der Waals surface area contributed by atoms with Gasteiger partial charge in [-0.15, -0.1) is 10.2 Å². The molecule has 1 aliphatic carbocycles. The van der Waals surface area contributed by atoms with Crippen LogP contribution in [0.2, 0.25) is 0 Å². The van der Waals surface area contributed by atoms with Crippen LogP contribution < -0.4 is 9.62 Å². The smallest absolute Gasteiger partial charge is 0.291 e. The molecule has 2 saturated heterocycles. The lowest BCUT2D eigenvalue weighted by molar-refractivity contribution is -0.0129. The summed E-state index contributed by atoms with van der Waals surface area (Å²) in [6.07, 6.45) is 3.58. The zero-order chi connectivity index (χ0) is 26.9. The summed E-state index contributed by atoms with van der Waals surface area (Å²) in [5.74, 6) is 0.270. The van der Waals surface area contributed by atoms with Crippen LogP contribution in [-0.2, 0) is 19.5 Å². The van der Waals surface area contributed by atoms with E-state index in [0.717, 1.165) is 37.0 Å². The SMILES string of the molecule is COC1[C@H](C)OCC12CCN(c1cc(S(=O)(=O)NC3(C)CC3)cn3c(-c4nnc(C(F)F)s4)ncc13)CC2. The fourth-order valence-corrected chi connectivity index (χ4v) is 7.90. The van der Waals surface area contributed by atoms with E-state index in [1.807, 2.05) is 13.8 Å². The van der Waals surface area contributed by atoms with Crippen molar-refractivity contribution in [2.45, 2.75) is 68.6 Å². The first-order chi connectivity index (χ1) is 18.0. The molecule has 206 valence electrons. The molecule has 5 heterocycles. The summed E-state index contributed by atoms with van der Waals surface area (Å²) in [4.78, 5) is 6.69. The van der Waals surface area contributed by atoms with Crippen LogP contribution in [0.15, 0.2) is 23.4 Å². The second kappa shape index (κ2) is 9.15. The minimum atomic E-state index is -3.85. The third-order valence-electron chi connectivity index (χ3n) is 8.12. The number of hydrogen-bond donors (Lipinski definition) is 1. The van der Waals surface area contributed by atoms with Crippen molar-refractivity contribution in [3.63, 3.8) is 0 Å². The van der Waals surface area contributed by atoms with Gasteiger partial charge in [-0.25, -0.2) is 26.9 Å². The number of methoxy groups -OCH3 is 1. The fourth-order valence-electron chi connectivity index (χ4n) is 5.73. The highest BCUT2D eigenvalue weighted by Gasteiger charge is 2.50. The van der Waals surface area contributed by atoms with E-state index in [4.69, 9.17) is 9.47 Å². The summed E-state index contributed by atoms with van der Waals surface area (Å²) in [6, 6.07) is 1.68. The van der Waals surface area contributed by atoms with Gasteiger partial charge in [0.2, 0.25) is 10.0 Å². The van der Waals surface area contributed by atoms with Crippen molar-refractivity contribution in [1.82, 2.24) is 24.3 Å². The standard InChI is InChI=1S/C24H30F2N6O4S2/c1-14-18(35-3)24(13-36-14)6-8-31(9-7-24)16-10-15(38(33,34)30-23(2)4-5-23)12-32-17(16)11-27-20(32)22-29-28-21(37-22)19(25)26/h10-12,14,18-19,30H,4-9,13H2,1-3H3/t14-,18?/m0/s1. The van der Waals surface area contributed by atoms with Gasteiger partial charge in [-0.2, -0.15) is 0 Å². The monoisotopic (exact) mass is 568 g/mol. The highest BCUT2D eigenvalue weighted by molar-refractivity contribution is 7.89. The lowest BCUT2D eigenvalue weighted by Gasteiger charge is -2.42. The lowest BCUT2D eigenvalue weighted by atomic mass is 9.74. The van der Waals surface area contributed by atoms with Crippen LogP contribution in [0.5, 0.6) is 0 Å². The highest BCUT2D eigenvalue weighted by atomic mass is 32.2. The van der Waals surface area contributed by atoms with Gasteiger partial charge in [-0.05, 0) is 45.6 Å². The van der Waals surface area contributed by atoms with Gasteiger partial charge < -0.3 is 14.4 Å². The first-order valence-electron chi connectivity index (χ1n) is 12.6. The quantitative estimate of drug-likeness (QED) is 0.460. The zero-order valence-corrected chi connectivity index (χ0v) is 23.0. The number of halogens is 2. The Morgan fingerprint density at radius 2 is 1.97 bits per heavy atom. The minimum Gasteiger partial charge on any atom is -0.378 e. The zero-order valence-electron chi connectivity index (χ0n) is 21.4. The second-order valence-electron chi connectivity index (χ2n) is 10.8. The van der Waals surface area contributed by atoms with Gasteiger partial charge in [0.1, 0.15) is 4.90 Å². The molecule has 3 aromatic heterocycles. The molecular formula is C24H30F2N6O4S2. The number of nitrogens with one attached hydrogen (secondary N) is 1. The maximum absolute atomic E-state index is 13.4. The molecule has 1 saturated carbocycles. The number of fused-ring (bicyclic) bond motifs is 1. The second-order valence-corrected chi connectivity index (χ2v) is 13.5. The highest BCUT2D eigenvalue weighted by Crippen LogP contribution is 2.45. The van der Waals surface area contributed by atoms with E-state index in [-0.39, 0.29) is 33.4 Å². The van der Waals surface area contributed by atoms with Crippen LogP contribution in [0.1, 0.15) is 51.0 Å². The average Bonchev–Trinajstić information content (AvgIpc) is 3.25. The number of pyridine rings is 1. The number of sulfonamides is 1. The molecule has 1 N–H and O–H groups in total. The van der Waals surface area contributed by atoms with E-state index in [1.54, 1.807) is 23.8 Å². The largest absolute Gasteiger partial charge is 0.378 e. The summed E-state index contributed by atoms with van der Waals surface area (Å²) in [7, 11) is -2.14. The fraction of sp³-hybridized carbons (Fsp3) is 0.625. The van der Waals surface area contributed by atoms with E-state index < -0.39 is 27.0 Å². The van der Waals surface area contributed by atoms with Gasteiger partial charge in [-0.3, -0.25) is 4.40 Å². The maximum Gasteiger partial charge on any atom is 0.291 e. The first-order valence-corrected chi connectivity index (χ1v) is 14.9. The number of piperidine rings is 1. The van der Waals surface area contributed by atoms with Gasteiger partial charge in [0.25, 0.3) is 6.43 Å². The number of anilines is 1. The third-order valence-corrected chi connectivity index (χ3v) is 10.7. The molecule has 14 heteroatoms. The molecule has 10 nitrogen and oxygen atoms in total. The van der Waals surface area contributed by atoms with Crippen LogP contribution in [0.4, 0.5) is 14.5 Å². The van der Waals surface area contributed by atoms with Crippen LogP contribution in [0, 0.1) is 5.41 Å². The molecule has 3 fully saturated rings. The van der Waals surface area contributed by atoms with Gasteiger partial charge in [0.15, 0.2) is 15.8 Å². The Hall–Kier alpha value is -2.26. The number of ether oxygens (including phenoxy) is 2. The van der Waals surface area contributed by atoms with Gasteiger partial charge in [0, 0.05) is 37.4 Å². The molecule has 6 rings (SSSR count). The van der Waals surface area contributed by atoms with Gasteiger partial charge in [-0.1, -0.05) is 11.3 Å². The Balaban J connectivity index is 1.41. The van der Waals surface area contributed by atoms with Crippen molar-refractivity contribution in [1.29, 1.82) is 0 Å². The predicted octanol–water partition coefficient (Wildman–Crippen LogP) is 3.64. The number of alkyl halides is 2. The summed E-state index contributed by atoms with van der Waals surface area (Å²) < 4.78 is 69.4. The van der Waals surface area contributed by atoms with Crippen LogP contribution in [-0.4, -0.2) is 72.6 Å². The molecule has 0 amide bonds. The summed E-state index contributed by atoms with van der Waals surface area (Å²) >= 11 is 0.742. The van der Waals surface area contributed by atoms with Crippen molar-refractivity contribution in [2.24, 2.45) is 5.41 Å². The van der Waals surface area contributed by atoms with E-state index in [9.17, 15) is 17.2 Å². The van der Waals surface area contributed by atoms with Crippen molar-refractivity contribution in [3.05, 3.63) is 23.5 Å². The molecule has 0 aromatic carbocycles. The molecule has 0 bridgehead atoms. The summed E-state index contributed by atoms with van der Waals surface area (Å²) in [5.41, 5.74) is 0.835. The van der Waals surface area contributed by atoms with Gasteiger partial charge >= 0.3 is 0 Å². The Morgan fingerprint density at radius 1 is 1.24 bits per heavy atom. The maximum atomic E-state index is 13.4. The summed E-state index contributed by atoms with van der Waals surface area (Å²) in [6.45, 7) is 5.89. The number of imidazole rings is 1. The Bertz CT molecular complexity index is 1460. The van der Waals surface area contributed by atoms with Crippen LogP contribution in [0.25, 0.3) is 16.3 Å². The number of aromatic nitrogens is 4. The Morgan fingerprint density at radius 3 is 2.61 bits per heavy atom. The van der Waals surface area contributed by atoms with Crippen molar-refractivity contribution in [3.8, 4) is 10.8 Å². The van der Waals surface area contributed by atoms with E-state index >= 15 is 0 Å². The van der Waals surface area contributed by atoms with Crippen molar-refractivity contribution in [2.75, 3.05) is 31.7 Å². The number of nitrogens with zero attached hydrogens (tertiary/aromatic N) is 5. The minimum absolute atomic E-state index is 0.00266. The topological polar surface area (TPSA) is 111 Å². The predicted molar refractivity (Wildman–Crippen MR) is 137 cm³/mol. The van der Waals surface area contributed by atoms with Crippen LogP contribution in [0.3, 0.4) is 0 Å². The molecule has 38 heavy (non-hydrogen) atoms. The van der Waals surface area contributed by atoms with Gasteiger partial charge in [0.05, 0.1) is 36.2 Å². The first kappa shape index (κ1) is 26.0. The lowest BCUT2D eigenvalue weighted by Crippen LogP contribution is -2.47. The molecule has 2 atom stereocenters. The van der Waals surface area contributed by atoms with Crippen molar-refractivity contribution >= 4 is 32.6 Å². The molecule has 0 radical (unpaired) electrons. The number of hydrogen-bond acceptors (Lipinski definition) is 9. The Labute approximate surface area is 223 Å². The van der Waals surface area contributed by atoms with Crippen molar-refractivity contribution < 1.29 is 26.7 Å². The Kier molecular flexibility index (Phi) is 6.26. The van der Waals surface area contributed by atoms with E-state index in [2.05, 4.69) is 24.8 Å². The summed E-state index contributed by atoms with van der Waals surface area (Å²) in [5, 5.41) is 7.27. The molecule has 3 aliphatic rings. The molecule has 3 aromatic rings. The molecule has 1 unspecified atom stereocenters.